The van der Waals surface area contributed by atoms with Crippen molar-refractivity contribution < 1.29 is 9.84 Å². The van der Waals surface area contributed by atoms with Crippen LogP contribution in [0.4, 0.5) is 0 Å². The third-order valence-corrected chi connectivity index (χ3v) is 2.92. The Morgan fingerprint density at radius 3 is 2.14 bits per heavy atom. The fourth-order valence-corrected chi connectivity index (χ4v) is 2.05. The summed E-state index contributed by atoms with van der Waals surface area (Å²) in [6, 6.07) is 0.649. The van der Waals surface area contributed by atoms with Crippen molar-refractivity contribution in [3.05, 3.63) is 0 Å². The number of nitrogens with one attached hydrogen (secondary N) is 1. The molecule has 1 heterocycles. The topological polar surface area (TPSA) is 41.5 Å². The number of aliphatic hydroxyl groups excluding tert-OH is 1. The van der Waals surface area contributed by atoms with Crippen LogP contribution in [0.25, 0.3) is 0 Å². The Kier molecular flexibility index (Phi) is 4.35. The number of rotatable bonds is 3. The van der Waals surface area contributed by atoms with Gasteiger partial charge in [-0.1, -0.05) is 0 Å². The van der Waals surface area contributed by atoms with Crippen molar-refractivity contribution in [2.24, 2.45) is 0 Å². The van der Waals surface area contributed by atoms with Gasteiger partial charge in [-0.15, -0.1) is 0 Å². The van der Waals surface area contributed by atoms with Crippen molar-refractivity contribution in [1.29, 1.82) is 0 Å². The lowest BCUT2D eigenvalue weighted by atomic mass is 9.98. The number of ether oxygens (including phenoxy) is 1. The zero-order valence-corrected chi connectivity index (χ0v) is 9.66. The Morgan fingerprint density at radius 1 is 1.21 bits per heavy atom. The minimum absolute atomic E-state index is 0.164. The third kappa shape index (κ3) is 3.56. The lowest BCUT2D eigenvalue weighted by Crippen LogP contribution is -2.48. The molecule has 84 valence electrons. The molecular formula is C11H23NO2. The molecule has 0 aromatic heterocycles. The molecule has 1 fully saturated rings. The van der Waals surface area contributed by atoms with Gasteiger partial charge in [-0.2, -0.15) is 0 Å². The zero-order valence-electron chi connectivity index (χ0n) is 9.66. The van der Waals surface area contributed by atoms with Gasteiger partial charge in [-0.05, 0) is 40.5 Å². The predicted molar refractivity (Wildman–Crippen MR) is 57.3 cm³/mol. The van der Waals surface area contributed by atoms with Crippen LogP contribution in [0.5, 0.6) is 0 Å². The molecule has 0 radical (unpaired) electrons. The van der Waals surface area contributed by atoms with E-state index in [9.17, 15) is 5.11 Å². The number of aliphatic hydroxyl groups is 1. The van der Waals surface area contributed by atoms with Gasteiger partial charge < -0.3 is 15.2 Å². The molecule has 0 aromatic rings. The fourth-order valence-electron chi connectivity index (χ4n) is 2.05. The van der Waals surface area contributed by atoms with E-state index in [4.69, 9.17) is 4.74 Å². The summed E-state index contributed by atoms with van der Waals surface area (Å²) in [6.07, 6.45) is 2.46. The van der Waals surface area contributed by atoms with Crippen LogP contribution >= 0.6 is 0 Å². The highest BCUT2D eigenvalue weighted by molar-refractivity contribution is 4.81. The molecule has 14 heavy (non-hydrogen) atoms. The lowest BCUT2D eigenvalue weighted by molar-refractivity contribution is -0.0454. The first kappa shape index (κ1) is 12.0. The highest BCUT2D eigenvalue weighted by Crippen LogP contribution is 2.19. The SMILES string of the molecule is CC1CC(NC(C)C(C)O)CC(C)O1. The largest absolute Gasteiger partial charge is 0.392 e. The van der Waals surface area contributed by atoms with Crippen molar-refractivity contribution in [3.8, 4) is 0 Å². The second kappa shape index (κ2) is 5.10. The first-order valence-corrected chi connectivity index (χ1v) is 5.58. The summed E-state index contributed by atoms with van der Waals surface area (Å²) < 4.78 is 5.66. The molecule has 4 atom stereocenters. The standard InChI is InChI=1S/C11H23NO2/c1-7-5-11(6-8(2)14-7)12-9(3)10(4)13/h7-13H,5-6H2,1-4H3. The molecule has 0 amide bonds. The van der Waals surface area contributed by atoms with Crippen LogP contribution in [0.15, 0.2) is 0 Å². The molecular weight excluding hydrogens is 178 g/mol. The molecule has 1 aliphatic rings. The van der Waals surface area contributed by atoms with E-state index < -0.39 is 0 Å². The second-order valence-electron chi connectivity index (χ2n) is 4.62. The van der Waals surface area contributed by atoms with Gasteiger partial charge in [0.15, 0.2) is 0 Å². The quantitative estimate of drug-likeness (QED) is 0.723. The molecule has 0 saturated carbocycles. The van der Waals surface area contributed by atoms with E-state index in [-0.39, 0.29) is 12.1 Å². The summed E-state index contributed by atoms with van der Waals surface area (Å²) in [7, 11) is 0. The van der Waals surface area contributed by atoms with Gasteiger partial charge in [0.2, 0.25) is 0 Å². The first-order valence-electron chi connectivity index (χ1n) is 5.58. The normalized spacial score (nSPS) is 37.9. The van der Waals surface area contributed by atoms with E-state index in [1.54, 1.807) is 0 Å². The molecule has 0 spiro atoms. The van der Waals surface area contributed by atoms with Gasteiger partial charge in [0.05, 0.1) is 18.3 Å². The summed E-state index contributed by atoms with van der Waals surface area (Å²) in [4.78, 5) is 0. The van der Waals surface area contributed by atoms with Gasteiger partial charge in [0.25, 0.3) is 0 Å². The van der Waals surface area contributed by atoms with Gasteiger partial charge in [0, 0.05) is 12.1 Å². The summed E-state index contributed by atoms with van der Waals surface area (Å²) in [6.45, 7) is 8.06. The smallest absolute Gasteiger partial charge is 0.0662 e. The summed E-state index contributed by atoms with van der Waals surface area (Å²) in [5.74, 6) is 0. The second-order valence-corrected chi connectivity index (χ2v) is 4.62. The Balaban J connectivity index is 2.36. The Labute approximate surface area is 86.8 Å². The van der Waals surface area contributed by atoms with Crippen LogP contribution in [-0.2, 0) is 4.74 Å². The van der Waals surface area contributed by atoms with Crippen molar-refractivity contribution in [2.75, 3.05) is 0 Å². The Morgan fingerprint density at radius 2 is 1.71 bits per heavy atom. The Hall–Kier alpha value is -0.120. The van der Waals surface area contributed by atoms with Crippen LogP contribution in [0.1, 0.15) is 40.5 Å². The molecule has 1 saturated heterocycles. The van der Waals surface area contributed by atoms with E-state index >= 15 is 0 Å². The van der Waals surface area contributed by atoms with Crippen LogP contribution in [0, 0.1) is 0 Å². The van der Waals surface area contributed by atoms with E-state index in [1.165, 1.54) is 0 Å². The third-order valence-electron chi connectivity index (χ3n) is 2.92. The molecule has 3 nitrogen and oxygen atoms in total. The molecule has 0 aromatic carbocycles. The highest BCUT2D eigenvalue weighted by atomic mass is 16.5. The van der Waals surface area contributed by atoms with Crippen LogP contribution < -0.4 is 5.32 Å². The average Bonchev–Trinajstić information content (AvgIpc) is 2.01. The van der Waals surface area contributed by atoms with E-state index in [2.05, 4.69) is 19.2 Å². The maximum atomic E-state index is 9.39. The van der Waals surface area contributed by atoms with Gasteiger partial charge in [0.1, 0.15) is 0 Å². The van der Waals surface area contributed by atoms with Gasteiger partial charge >= 0.3 is 0 Å². The maximum absolute atomic E-state index is 9.39. The maximum Gasteiger partial charge on any atom is 0.0662 e. The molecule has 0 aliphatic carbocycles. The predicted octanol–water partition coefficient (Wildman–Crippen LogP) is 1.30. The average molecular weight is 201 g/mol. The molecule has 2 N–H and O–H groups in total. The van der Waals surface area contributed by atoms with Crippen LogP contribution in [0.2, 0.25) is 0 Å². The van der Waals surface area contributed by atoms with Gasteiger partial charge in [-0.25, -0.2) is 0 Å². The van der Waals surface area contributed by atoms with Crippen molar-refractivity contribution in [2.45, 2.75) is 70.9 Å². The fraction of sp³-hybridized carbons (Fsp3) is 1.00. The molecule has 0 bridgehead atoms. The monoisotopic (exact) mass is 201 g/mol. The number of hydrogen-bond donors (Lipinski definition) is 2. The van der Waals surface area contributed by atoms with E-state index in [0.717, 1.165) is 12.8 Å². The molecule has 1 aliphatic heterocycles. The zero-order chi connectivity index (χ0) is 10.7. The molecule has 1 rings (SSSR count). The Bertz CT molecular complexity index is 163. The molecule has 3 heteroatoms. The lowest BCUT2D eigenvalue weighted by Gasteiger charge is -2.34. The van der Waals surface area contributed by atoms with Crippen molar-refractivity contribution in [1.82, 2.24) is 5.32 Å². The highest BCUT2D eigenvalue weighted by Gasteiger charge is 2.25. The number of hydrogen-bond acceptors (Lipinski definition) is 3. The summed E-state index contributed by atoms with van der Waals surface area (Å²) >= 11 is 0. The molecule has 4 unspecified atom stereocenters. The van der Waals surface area contributed by atoms with E-state index in [0.29, 0.717) is 18.2 Å². The minimum Gasteiger partial charge on any atom is -0.392 e. The minimum atomic E-state index is -0.288. The van der Waals surface area contributed by atoms with E-state index in [1.807, 2.05) is 13.8 Å². The van der Waals surface area contributed by atoms with Crippen LogP contribution in [-0.4, -0.2) is 35.5 Å². The summed E-state index contributed by atoms with van der Waals surface area (Å²) in [5, 5.41) is 12.8. The summed E-state index contributed by atoms with van der Waals surface area (Å²) in [5.41, 5.74) is 0. The van der Waals surface area contributed by atoms with Crippen LogP contribution in [0.3, 0.4) is 0 Å². The van der Waals surface area contributed by atoms with Gasteiger partial charge in [-0.3, -0.25) is 0 Å². The first-order chi connectivity index (χ1) is 6.49. The van der Waals surface area contributed by atoms with Crippen molar-refractivity contribution >= 4 is 0 Å². The van der Waals surface area contributed by atoms with Crippen molar-refractivity contribution in [3.63, 3.8) is 0 Å².